The van der Waals surface area contributed by atoms with Crippen LogP contribution in [0.1, 0.15) is 17.5 Å². The molecule has 0 fully saturated rings. The van der Waals surface area contributed by atoms with Crippen molar-refractivity contribution in [2.75, 3.05) is 20.1 Å². The van der Waals surface area contributed by atoms with Gasteiger partial charge in [-0.05, 0) is 37.6 Å². The van der Waals surface area contributed by atoms with E-state index in [0.717, 1.165) is 26.1 Å². The Kier molecular flexibility index (Phi) is 4.13. The van der Waals surface area contributed by atoms with Crippen LogP contribution in [0, 0.1) is 11.3 Å². The van der Waals surface area contributed by atoms with Gasteiger partial charge in [0.25, 0.3) is 0 Å². The molecule has 0 radical (unpaired) electrons. The van der Waals surface area contributed by atoms with Crippen LogP contribution in [0.2, 0.25) is 0 Å². The molecule has 1 heterocycles. The summed E-state index contributed by atoms with van der Waals surface area (Å²) in [5.74, 6) is 0. The summed E-state index contributed by atoms with van der Waals surface area (Å²) >= 11 is 0. The van der Waals surface area contributed by atoms with Crippen LogP contribution in [-0.2, 0) is 13.0 Å². The molecule has 1 atom stereocenters. The van der Waals surface area contributed by atoms with E-state index in [2.05, 4.69) is 40.6 Å². The molecule has 17 heavy (non-hydrogen) atoms. The standard InChI is InChI=1S/C14H19N3/c1-16-14(9-15)11-17-8-4-7-12-5-2-3-6-13(12)10-17/h2-3,5-6,14,16H,4,7-8,10-11H2,1H3. The number of nitriles is 1. The zero-order valence-electron chi connectivity index (χ0n) is 10.3. The number of hydrogen-bond donors (Lipinski definition) is 1. The Morgan fingerprint density at radius 1 is 1.41 bits per heavy atom. The summed E-state index contributed by atoms with van der Waals surface area (Å²) in [6.45, 7) is 2.85. The number of nitrogens with one attached hydrogen (secondary N) is 1. The molecule has 0 saturated heterocycles. The quantitative estimate of drug-likeness (QED) is 0.854. The highest BCUT2D eigenvalue weighted by Gasteiger charge is 2.16. The normalized spacial score (nSPS) is 17.9. The summed E-state index contributed by atoms with van der Waals surface area (Å²) in [6.07, 6.45) is 2.34. The molecule has 1 aromatic rings. The number of hydrogen-bond acceptors (Lipinski definition) is 3. The molecule has 1 aliphatic rings. The Balaban J connectivity index is 2.06. The lowest BCUT2D eigenvalue weighted by atomic mass is 10.0. The molecule has 0 spiro atoms. The lowest BCUT2D eigenvalue weighted by molar-refractivity contribution is 0.256. The largest absolute Gasteiger partial charge is 0.304 e. The first kappa shape index (κ1) is 12.1. The molecule has 1 aromatic carbocycles. The number of likely N-dealkylation sites (N-methyl/N-ethyl adjacent to an activating group) is 1. The first-order chi connectivity index (χ1) is 8.33. The zero-order chi connectivity index (χ0) is 12.1. The van der Waals surface area contributed by atoms with E-state index in [9.17, 15) is 0 Å². The van der Waals surface area contributed by atoms with Crippen molar-refractivity contribution in [2.45, 2.75) is 25.4 Å². The van der Waals surface area contributed by atoms with Gasteiger partial charge in [0, 0.05) is 13.1 Å². The molecule has 0 aromatic heterocycles. The van der Waals surface area contributed by atoms with Crippen molar-refractivity contribution in [2.24, 2.45) is 0 Å². The third kappa shape index (κ3) is 3.06. The minimum absolute atomic E-state index is 0.0692. The van der Waals surface area contributed by atoms with Crippen molar-refractivity contribution in [3.8, 4) is 6.07 Å². The Bertz CT molecular complexity index is 408. The monoisotopic (exact) mass is 229 g/mol. The van der Waals surface area contributed by atoms with Gasteiger partial charge in [-0.3, -0.25) is 4.90 Å². The predicted octanol–water partition coefficient (Wildman–Crippen LogP) is 1.55. The van der Waals surface area contributed by atoms with Crippen molar-refractivity contribution in [1.82, 2.24) is 10.2 Å². The smallest absolute Gasteiger partial charge is 0.108 e. The van der Waals surface area contributed by atoms with Gasteiger partial charge in [0.2, 0.25) is 0 Å². The molecular formula is C14H19N3. The summed E-state index contributed by atoms with van der Waals surface area (Å²) in [5.41, 5.74) is 2.88. The summed E-state index contributed by atoms with van der Waals surface area (Å²) in [6, 6.07) is 10.9. The number of aryl methyl sites for hydroxylation is 1. The second kappa shape index (κ2) is 5.81. The maximum Gasteiger partial charge on any atom is 0.108 e. The Hall–Kier alpha value is -1.37. The topological polar surface area (TPSA) is 39.1 Å². The second-order valence-electron chi connectivity index (χ2n) is 4.58. The summed E-state index contributed by atoms with van der Waals surface area (Å²) in [5, 5.41) is 12.0. The van der Waals surface area contributed by atoms with E-state index in [0.29, 0.717) is 0 Å². The van der Waals surface area contributed by atoms with Crippen LogP contribution in [0.4, 0.5) is 0 Å². The lowest BCUT2D eigenvalue weighted by Gasteiger charge is -2.22. The molecule has 0 aliphatic carbocycles. The highest BCUT2D eigenvalue weighted by atomic mass is 15.1. The van der Waals surface area contributed by atoms with E-state index in [1.54, 1.807) is 0 Å². The van der Waals surface area contributed by atoms with E-state index in [4.69, 9.17) is 5.26 Å². The van der Waals surface area contributed by atoms with Gasteiger partial charge in [0.05, 0.1) is 6.07 Å². The highest BCUT2D eigenvalue weighted by Crippen LogP contribution is 2.18. The van der Waals surface area contributed by atoms with Gasteiger partial charge in [-0.2, -0.15) is 5.26 Å². The zero-order valence-corrected chi connectivity index (χ0v) is 10.3. The minimum atomic E-state index is -0.0692. The van der Waals surface area contributed by atoms with Crippen LogP contribution in [0.15, 0.2) is 24.3 Å². The number of rotatable bonds is 3. The van der Waals surface area contributed by atoms with Gasteiger partial charge >= 0.3 is 0 Å². The Morgan fingerprint density at radius 3 is 2.88 bits per heavy atom. The molecule has 0 saturated carbocycles. The van der Waals surface area contributed by atoms with Crippen molar-refractivity contribution in [3.05, 3.63) is 35.4 Å². The van der Waals surface area contributed by atoms with E-state index in [1.165, 1.54) is 17.5 Å². The fraction of sp³-hybridized carbons (Fsp3) is 0.500. The summed E-state index contributed by atoms with van der Waals surface area (Å²) in [7, 11) is 1.85. The van der Waals surface area contributed by atoms with Gasteiger partial charge in [0.15, 0.2) is 0 Å². The lowest BCUT2D eigenvalue weighted by Crippen LogP contribution is -2.38. The molecule has 90 valence electrons. The molecule has 0 bridgehead atoms. The molecule has 1 aliphatic heterocycles. The van der Waals surface area contributed by atoms with E-state index in [1.807, 2.05) is 7.05 Å². The third-order valence-electron chi connectivity index (χ3n) is 3.38. The first-order valence-corrected chi connectivity index (χ1v) is 6.19. The van der Waals surface area contributed by atoms with Crippen LogP contribution in [0.5, 0.6) is 0 Å². The van der Waals surface area contributed by atoms with Gasteiger partial charge in [-0.15, -0.1) is 0 Å². The number of nitrogens with zero attached hydrogens (tertiary/aromatic N) is 2. The van der Waals surface area contributed by atoms with Crippen molar-refractivity contribution in [1.29, 1.82) is 5.26 Å². The van der Waals surface area contributed by atoms with Crippen molar-refractivity contribution >= 4 is 0 Å². The Morgan fingerprint density at radius 2 is 2.18 bits per heavy atom. The predicted molar refractivity (Wildman–Crippen MR) is 68.5 cm³/mol. The third-order valence-corrected chi connectivity index (χ3v) is 3.38. The van der Waals surface area contributed by atoms with E-state index in [-0.39, 0.29) is 6.04 Å². The average molecular weight is 229 g/mol. The molecule has 1 unspecified atom stereocenters. The molecule has 0 amide bonds. The minimum Gasteiger partial charge on any atom is -0.304 e. The SMILES string of the molecule is CNC(C#N)CN1CCCc2ccccc2C1. The maximum atomic E-state index is 8.98. The second-order valence-corrected chi connectivity index (χ2v) is 4.58. The van der Waals surface area contributed by atoms with Crippen LogP contribution in [0.25, 0.3) is 0 Å². The van der Waals surface area contributed by atoms with Crippen molar-refractivity contribution < 1.29 is 0 Å². The van der Waals surface area contributed by atoms with Crippen LogP contribution in [0.3, 0.4) is 0 Å². The van der Waals surface area contributed by atoms with Crippen LogP contribution >= 0.6 is 0 Å². The van der Waals surface area contributed by atoms with Gasteiger partial charge in [0.1, 0.15) is 6.04 Å². The van der Waals surface area contributed by atoms with E-state index < -0.39 is 0 Å². The maximum absolute atomic E-state index is 8.98. The fourth-order valence-electron chi connectivity index (χ4n) is 2.38. The molecular weight excluding hydrogens is 210 g/mol. The molecule has 3 nitrogen and oxygen atoms in total. The molecule has 3 heteroatoms. The average Bonchev–Trinajstić information content (AvgIpc) is 2.57. The summed E-state index contributed by atoms with van der Waals surface area (Å²) < 4.78 is 0. The summed E-state index contributed by atoms with van der Waals surface area (Å²) in [4.78, 5) is 2.37. The number of benzene rings is 1. The van der Waals surface area contributed by atoms with Crippen LogP contribution < -0.4 is 5.32 Å². The van der Waals surface area contributed by atoms with E-state index >= 15 is 0 Å². The fourth-order valence-corrected chi connectivity index (χ4v) is 2.38. The van der Waals surface area contributed by atoms with Gasteiger partial charge in [-0.25, -0.2) is 0 Å². The molecule has 2 rings (SSSR count). The Labute approximate surface area is 103 Å². The van der Waals surface area contributed by atoms with Crippen LogP contribution in [-0.4, -0.2) is 31.1 Å². The first-order valence-electron chi connectivity index (χ1n) is 6.19. The highest BCUT2D eigenvalue weighted by molar-refractivity contribution is 5.28. The van der Waals surface area contributed by atoms with Crippen molar-refractivity contribution in [3.63, 3.8) is 0 Å². The van der Waals surface area contributed by atoms with Gasteiger partial charge in [-0.1, -0.05) is 24.3 Å². The van der Waals surface area contributed by atoms with Gasteiger partial charge < -0.3 is 5.32 Å². The number of fused-ring (bicyclic) bond motifs is 1. The molecule has 1 N–H and O–H groups in total.